The second kappa shape index (κ2) is 9.39. The fourth-order valence-corrected chi connectivity index (χ4v) is 4.99. The highest BCUT2D eigenvalue weighted by molar-refractivity contribution is 5.80. The lowest BCUT2D eigenvalue weighted by atomic mass is 10.1. The summed E-state index contributed by atoms with van der Waals surface area (Å²) in [5.74, 6) is -0.180. The smallest absolute Gasteiger partial charge is 0.150 e. The van der Waals surface area contributed by atoms with Gasteiger partial charge in [-0.3, -0.25) is 9.69 Å². The molecule has 0 radical (unpaired) electrons. The number of aldehydes is 1. The molecular weight excluding hydrogens is 427 g/mol. The number of aromatic nitrogens is 2. The summed E-state index contributed by atoms with van der Waals surface area (Å²) in [6.45, 7) is 7.73. The molecule has 0 amide bonds. The molecule has 34 heavy (non-hydrogen) atoms. The van der Waals surface area contributed by atoms with Crippen molar-refractivity contribution in [3.8, 4) is 0 Å². The lowest BCUT2D eigenvalue weighted by Gasteiger charge is -2.45. The lowest BCUT2D eigenvalue weighted by molar-refractivity contribution is 0.112. The van der Waals surface area contributed by atoms with Crippen molar-refractivity contribution in [2.24, 2.45) is 0 Å². The number of pyridine rings is 1. The molecule has 0 aliphatic carbocycles. The Balaban J connectivity index is 1.30. The normalized spacial score (nSPS) is 19.0. The Morgan fingerprint density at radius 2 is 1.74 bits per heavy atom. The van der Waals surface area contributed by atoms with E-state index in [9.17, 15) is 9.18 Å². The average molecular weight is 457 g/mol. The van der Waals surface area contributed by atoms with Gasteiger partial charge in [-0.25, -0.2) is 9.37 Å². The number of halogens is 1. The van der Waals surface area contributed by atoms with Crippen LogP contribution in [-0.2, 0) is 13.1 Å². The zero-order valence-electron chi connectivity index (χ0n) is 19.6. The van der Waals surface area contributed by atoms with Gasteiger partial charge in [0, 0.05) is 55.4 Å². The summed E-state index contributed by atoms with van der Waals surface area (Å²) in [5, 5.41) is 1.12. The first-order valence-electron chi connectivity index (χ1n) is 11.7. The van der Waals surface area contributed by atoms with E-state index in [1.807, 2.05) is 36.5 Å². The summed E-state index contributed by atoms with van der Waals surface area (Å²) in [6, 6.07) is 19.5. The molecule has 1 saturated heterocycles. The molecule has 5 rings (SSSR count). The van der Waals surface area contributed by atoms with Gasteiger partial charge < -0.3 is 9.47 Å². The highest BCUT2D eigenvalue weighted by atomic mass is 19.1. The van der Waals surface area contributed by atoms with Gasteiger partial charge in [0.05, 0.1) is 11.9 Å². The zero-order valence-corrected chi connectivity index (χ0v) is 19.6. The molecule has 2 aromatic heterocycles. The summed E-state index contributed by atoms with van der Waals surface area (Å²) in [7, 11) is 0. The van der Waals surface area contributed by atoms with Crippen LogP contribution in [-0.4, -0.2) is 45.9 Å². The largest absolute Gasteiger partial charge is 0.367 e. The van der Waals surface area contributed by atoms with Crippen LogP contribution in [0.4, 0.5) is 10.1 Å². The maximum absolute atomic E-state index is 13.6. The molecule has 2 aromatic carbocycles. The number of benzene rings is 2. The topological polar surface area (TPSA) is 41.4 Å². The summed E-state index contributed by atoms with van der Waals surface area (Å²) in [5.41, 5.74) is 4.91. The van der Waals surface area contributed by atoms with Crippen LogP contribution in [0, 0.1) is 5.82 Å². The fraction of sp³-hybridized carbons (Fsp3) is 0.286. The van der Waals surface area contributed by atoms with Gasteiger partial charge in [-0.1, -0.05) is 36.4 Å². The molecule has 0 saturated carbocycles. The average Bonchev–Trinajstić information content (AvgIpc) is 3.24. The van der Waals surface area contributed by atoms with Crippen molar-refractivity contribution in [2.75, 3.05) is 18.0 Å². The quantitative estimate of drug-likeness (QED) is 0.377. The Bertz CT molecular complexity index is 1290. The second-order valence-electron chi connectivity index (χ2n) is 9.31. The second-order valence-corrected chi connectivity index (χ2v) is 9.31. The van der Waals surface area contributed by atoms with Gasteiger partial charge in [-0.15, -0.1) is 0 Å². The van der Waals surface area contributed by atoms with Gasteiger partial charge in [0.15, 0.2) is 0 Å². The number of fused-ring (bicyclic) bond motifs is 1. The van der Waals surface area contributed by atoms with E-state index >= 15 is 0 Å². The predicted octanol–water partition coefficient (Wildman–Crippen LogP) is 5.14. The summed E-state index contributed by atoms with van der Waals surface area (Å²) < 4.78 is 15.8. The van der Waals surface area contributed by atoms with Gasteiger partial charge >= 0.3 is 0 Å². The molecule has 1 fully saturated rings. The Morgan fingerprint density at radius 1 is 0.971 bits per heavy atom. The van der Waals surface area contributed by atoms with Crippen LogP contribution in [0.1, 0.15) is 35.3 Å². The molecule has 1 aliphatic rings. The molecular formula is C28H29FN4O. The monoisotopic (exact) mass is 456 g/mol. The van der Waals surface area contributed by atoms with Crippen LogP contribution in [0.5, 0.6) is 0 Å². The van der Waals surface area contributed by atoms with Gasteiger partial charge in [-0.05, 0) is 49.2 Å². The Labute approximate surface area is 199 Å². The minimum atomic E-state index is -0.180. The van der Waals surface area contributed by atoms with E-state index in [4.69, 9.17) is 4.98 Å². The van der Waals surface area contributed by atoms with Crippen molar-refractivity contribution in [3.63, 3.8) is 0 Å². The Morgan fingerprint density at radius 3 is 2.44 bits per heavy atom. The van der Waals surface area contributed by atoms with E-state index in [1.54, 1.807) is 12.1 Å². The van der Waals surface area contributed by atoms with Crippen LogP contribution in [0.2, 0.25) is 0 Å². The summed E-state index contributed by atoms with van der Waals surface area (Å²) in [4.78, 5) is 20.5. The first-order valence-corrected chi connectivity index (χ1v) is 11.7. The van der Waals surface area contributed by atoms with Crippen molar-refractivity contribution in [2.45, 2.75) is 39.0 Å². The Hall–Kier alpha value is -3.51. The highest BCUT2D eigenvalue weighted by Crippen LogP contribution is 2.27. The van der Waals surface area contributed by atoms with Crippen LogP contribution < -0.4 is 4.90 Å². The van der Waals surface area contributed by atoms with Gasteiger partial charge in [0.1, 0.15) is 17.8 Å². The lowest BCUT2D eigenvalue weighted by Crippen LogP contribution is -2.56. The first-order chi connectivity index (χ1) is 16.5. The molecule has 5 nitrogen and oxygen atoms in total. The maximum Gasteiger partial charge on any atom is 0.150 e. The third-order valence-electron chi connectivity index (χ3n) is 6.78. The standard InChI is InChI=1S/C28H29FN4O/c1-20-15-32(16-21(2)33(20)18-24-4-3-5-26(29)12-24)27-13-25-10-11-31(28(25)30-14-27)17-22-6-8-23(19-34)9-7-22/h3-14,19-21H,15-18H2,1-2H3. The SMILES string of the molecule is CC1CN(c2cnc3c(ccn3Cc3ccc(C=O)cc3)c2)CC(C)N1Cc1cccc(F)c1. The number of piperazine rings is 1. The molecule has 0 bridgehead atoms. The van der Waals surface area contributed by atoms with E-state index in [1.165, 1.54) is 6.07 Å². The number of carbonyl (C=O) groups excluding carboxylic acids is 1. The van der Waals surface area contributed by atoms with Crippen molar-refractivity contribution in [3.05, 3.63) is 95.6 Å². The van der Waals surface area contributed by atoms with Crippen molar-refractivity contribution in [1.29, 1.82) is 0 Å². The fourth-order valence-electron chi connectivity index (χ4n) is 4.99. The van der Waals surface area contributed by atoms with Gasteiger partial charge in [-0.2, -0.15) is 0 Å². The molecule has 2 unspecified atom stereocenters. The van der Waals surface area contributed by atoms with E-state index in [-0.39, 0.29) is 5.82 Å². The molecule has 4 aromatic rings. The molecule has 0 spiro atoms. The number of nitrogens with zero attached hydrogens (tertiary/aromatic N) is 4. The Kier molecular flexibility index (Phi) is 6.16. The van der Waals surface area contributed by atoms with E-state index in [0.717, 1.165) is 53.8 Å². The first kappa shape index (κ1) is 22.3. The molecule has 1 aliphatic heterocycles. The third kappa shape index (κ3) is 4.59. The number of anilines is 1. The molecule has 3 heterocycles. The van der Waals surface area contributed by atoms with Crippen molar-refractivity contribution in [1.82, 2.24) is 14.5 Å². The molecule has 174 valence electrons. The van der Waals surface area contributed by atoms with Crippen LogP contribution >= 0.6 is 0 Å². The molecule has 0 N–H and O–H groups in total. The molecule has 2 atom stereocenters. The van der Waals surface area contributed by atoms with Crippen molar-refractivity contribution < 1.29 is 9.18 Å². The number of hydrogen-bond donors (Lipinski definition) is 0. The van der Waals surface area contributed by atoms with Crippen LogP contribution in [0.25, 0.3) is 11.0 Å². The van der Waals surface area contributed by atoms with E-state index in [2.05, 4.69) is 46.5 Å². The van der Waals surface area contributed by atoms with Gasteiger partial charge in [0.25, 0.3) is 0 Å². The van der Waals surface area contributed by atoms with Crippen LogP contribution in [0.15, 0.2) is 73.1 Å². The van der Waals surface area contributed by atoms with E-state index < -0.39 is 0 Å². The highest BCUT2D eigenvalue weighted by Gasteiger charge is 2.30. The number of carbonyl (C=O) groups is 1. The predicted molar refractivity (Wildman–Crippen MR) is 134 cm³/mol. The number of hydrogen-bond acceptors (Lipinski definition) is 4. The molecule has 6 heteroatoms. The summed E-state index contributed by atoms with van der Waals surface area (Å²) >= 11 is 0. The minimum Gasteiger partial charge on any atom is -0.367 e. The third-order valence-corrected chi connectivity index (χ3v) is 6.78. The summed E-state index contributed by atoms with van der Waals surface area (Å²) in [6.07, 6.45) is 4.90. The van der Waals surface area contributed by atoms with E-state index in [0.29, 0.717) is 24.2 Å². The zero-order chi connectivity index (χ0) is 23.7. The maximum atomic E-state index is 13.6. The van der Waals surface area contributed by atoms with Gasteiger partial charge in [0.2, 0.25) is 0 Å². The number of rotatable bonds is 6. The minimum absolute atomic E-state index is 0.180. The van der Waals surface area contributed by atoms with Crippen molar-refractivity contribution >= 4 is 23.0 Å². The van der Waals surface area contributed by atoms with Crippen LogP contribution in [0.3, 0.4) is 0 Å².